The molecule has 0 aromatic heterocycles. The normalized spacial score (nSPS) is 24.9. The quantitative estimate of drug-likeness (QED) is 0.863. The summed E-state index contributed by atoms with van der Waals surface area (Å²) in [6.07, 6.45) is 3.77. The monoisotopic (exact) mass is 239 g/mol. The van der Waals surface area contributed by atoms with Gasteiger partial charge in [0.1, 0.15) is 5.82 Å². The van der Waals surface area contributed by atoms with Crippen LogP contribution in [0.1, 0.15) is 26.2 Å². The van der Waals surface area contributed by atoms with E-state index in [0.717, 1.165) is 11.4 Å². The van der Waals surface area contributed by atoms with Crippen molar-refractivity contribution in [2.75, 3.05) is 6.54 Å². The lowest BCUT2D eigenvalue weighted by molar-refractivity contribution is 0.551. The highest BCUT2D eigenvalue weighted by atomic mass is 32.2. The Morgan fingerprint density at radius 3 is 3.06 bits per heavy atom. The second-order valence-electron chi connectivity index (χ2n) is 4.21. The first-order chi connectivity index (χ1) is 7.79. The Labute approximate surface area is 101 Å². The molecular formula is C13H18FNS. The molecule has 2 unspecified atom stereocenters. The highest BCUT2D eigenvalue weighted by Gasteiger charge is 2.27. The molecule has 1 fully saturated rings. The minimum Gasteiger partial charge on any atom is -0.313 e. The van der Waals surface area contributed by atoms with E-state index in [4.69, 9.17) is 0 Å². The Morgan fingerprint density at radius 1 is 1.44 bits per heavy atom. The van der Waals surface area contributed by atoms with Crippen molar-refractivity contribution in [3.63, 3.8) is 0 Å². The third kappa shape index (κ3) is 2.98. The number of thioether (sulfide) groups is 1. The zero-order chi connectivity index (χ0) is 11.4. The van der Waals surface area contributed by atoms with E-state index in [9.17, 15) is 4.39 Å². The predicted octanol–water partition coefficient (Wildman–Crippen LogP) is 3.45. The van der Waals surface area contributed by atoms with E-state index >= 15 is 0 Å². The average Bonchev–Trinajstić information content (AvgIpc) is 2.66. The average molecular weight is 239 g/mol. The van der Waals surface area contributed by atoms with E-state index < -0.39 is 0 Å². The zero-order valence-corrected chi connectivity index (χ0v) is 10.4. The Balaban J connectivity index is 1.98. The lowest BCUT2D eigenvalue weighted by Gasteiger charge is -2.19. The van der Waals surface area contributed by atoms with E-state index in [1.54, 1.807) is 12.1 Å². The summed E-state index contributed by atoms with van der Waals surface area (Å²) < 4.78 is 13.1. The molecular weight excluding hydrogens is 221 g/mol. The minimum absolute atomic E-state index is 0.136. The number of nitrogens with one attached hydrogen (secondary N) is 1. The maximum Gasteiger partial charge on any atom is 0.124 e. The fraction of sp³-hybridized carbons (Fsp3) is 0.538. The number of hydrogen-bond donors (Lipinski definition) is 1. The van der Waals surface area contributed by atoms with Gasteiger partial charge in [0.05, 0.1) is 0 Å². The molecule has 1 saturated carbocycles. The molecule has 3 heteroatoms. The predicted molar refractivity (Wildman–Crippen MR) is 67.4 cm³/mol. The first-order valence-corrected chi connectivity index (χ1v) is 6.83. The van der Waals surface area contributed by atoms with Crippen LogP contribution in [-0.2, 0) is 0 Å². The van der Waals surface area contributed by atoms with Gasteiger partial charge < -0.3 is 5.32 Å². The van der Waals surface area contributed by atoms with Gasteiger partial charge in [0, 0.05) is 16.2 Å². The summed E-state index contributed by atoms with van der Waals surface area (Å²) in [4.78, 5) is 1.05. The van der Waals surface area contributed by atoms with Crippen molar-refractivity contribution in [3.8, 4) is 0 Å². The van der Waals surface area contributed by atoms with Crippen LogP contribution in [0.2, 0.25) is 0 Å². The van der Waals surface area contributed by atoms with Crippen molar-refractivity contribution in [1.29, 1.82) is 0 Å². The highest BCUT2D eigenvalue weighted by Crippen LogP contribution is 2.35. The summed E-state index contributed by atoms with van der Waals surface area (Å²) >= 11 is 1.81. The first-order valence-electron chi connectivity index (χ1n) is 5.95. The van der Waals surface area contributed by atoms with E-state index in [0.29, 0.717) is 11.3 Å². The Morgan fingerprint density at radius 2 is 2.31 bits per heavy atom. The van der Waals surface area contributed by atoms with Crippen LogP contribution in [0.25, 0.3) is 0 Å². The smallest absolute Gasteiger partial charge is 0.124 e. The fourth-order valence-corrected chi connectivity index (χ4v) is 3.65. The molecule has 2 rings (SSSR count). The number of halogens is 1. The van der Waals surface area contributed by atoms with Crippen molar-refractivity contribution in [1.82, 2.24) is 5.32 Å². The van der Waals surface area contributed by atoms with Crippen molar-refractivity contribution >= 4 is 11.8 Å². The molecule has 1 aliphatic rings. The van der Waals surface area contributed by atoms with Crippen LogP contribution in [-0.4, -0.2) is 17.8 Å². The van der Waals surface area contributed by atoms with Gasteiger partial charge in [-0.05, 0) is 37.6 Å². The van der Waals surface area contributed by atoms with Crippen LogP contribution >= 0.6 is 11.8 Å². The number of hydrogen-bond acceptors (Lipinski definition) is 2. The SMILES string of the molecule is CCNC1CCCC1Sc1cccc(F)c1. The fourth-order valence-electron chi connectivity index (χ4n) is 2.28. The standard InChI is InChI=1S/C13H18FNS/c1-2-15-12-7-4-8-13(12)16-11-6-3-5-10(14)9-11/h3,5-6,9,12-13,15H,2,4,7-8H2,1H3. The van der Waals surface area contributed by atoms with Crippen LogP contribution in [0.15, 0.2) is 29.2 Å². The summed E-state index contributed by atoms with van der Waals surface area (Å²) in [5.74, 6) is -0.136. The summed E-state index contributed by atoms with van der Waals surface area (Å²) in [5.41, 5.74) is 0. The Kier molecular flexibility index (Phi) is 4.24. The molecule has 1 aromatic carbocycles. The second-order valence-corrected chi connectivity index (χ2v) is 5.52. The second kappa shape index (κ2) is 5.69. The van der Waals surface area contributed by atoms with Gasteiger partial charge in [-0.2, -0.15) is 0 Å². The van der Waals surface area contributed by atoms with Gasteiger partial charge in [-0.1, -0.05) is 19.4 Å². The lowest BCUT2D eigenvalue weighted by atomic mass is 10.2. The van der Waals surface area contributed by atoms with Crippen LogP contribution < -0.4 is 5.32 Å². The summed E-state index contributed by atoms with van der Waals surface area (Å²) in [5, 5.41) is 4.11. The van der Waals surface area contributed by atoms with Gasteiger partial charge in [-0.3, -0.25) is 0 Å². The maximum absolute atomic E-state index is 13.1. The van der Waals surface area contributed by atoms with Crippen LogP contribution in [0.5, 0.6) is 0 Å². The number of rotatable bonds is 4. The highest BCUT2D eigenvalue weighted by molar-refractivity contribution is 8.00. The van der Waals surface area contributed by atoms with Gasteiger partial charge in [0.2, 0.25) is 0 Å². The van der Waals surface area contributed by atoms with Crippen LogP contribution in [0.3, 0.4) is 0 Å². The molecule has 0 radical (unpaired) electrons. The van der Waals surface area contributed by atoms with Crippen molar-refractivity contribution in [2.45, 2.75) is 42.4 Å². The molecule has 1 nitrogen and oxygen atoms in total. The maximum atomic E-state index is 13.1. The van der Waals surface area contributed by atoms with Gasteiger partial charge in [-0.15, -0.1) is 11.8 Å². The van der Waals surface area contributed by atoms with Gasteiger partial charge in [0.25, 0.3) is 0 Å². The molecule has 16 heavy (non-hydrogen) atoms. The summed E-state index contributed by atoms with van der Waals surface area (Å²) in [6, 6.07) is 7.51. The number of benzene rings is 1. The van der Waals surface area contributed by atoms with E-state index in [1.165, 1.54) is 25.3 Å². The molecule has 1 aliphatic carbocycles. The molecule has 0 amide bonds. The molecule has 0 saturated heterocycles. The third-order valence-electron chi connectivity index (χ3n) is 3.00. The summed E-state index contributed by atoms with van der Waals surface area (Å²) in [6.45, 7) is 3.16. The molecule has 0 aliphatic heterocycles. The molecule has 88 valence electrons. The third-order valence-corrected chi connectivity index (χ3v) is 4.40. The molecule has 2 atom stereocenters. The van der Waals surface area contributed by atoms with Crippen molar-refractivity contribution in [3.05, 3.63) is 30.1 Å². The lowest BCUT2D eigenvalue weighted by Crippen LogP contribution is -2.33. The van der Waals surface area contributed by atoms with E-state index in [2.05, 4.69) is 12.2 Å². The van der Waals surface area contributed by atoms with Crippen molar-refractivity contribution < 1.29 is 4.39 Å². The van der Waals surface area contributed by atoms with E-state index in [-0.39, 0.29) is 5.82 Å². The zero-order valence-electron chi connectivity index (χ0n) is 9.58. The Bertz CT molecular complexity index is 342. The van der Waals surface area contributed by atoms with Crippen molar-refractivity contribution in [2.24, 2.45) is 0 Å². The molecule has 0 bridgehead atoms. The topological polar surface area (TPSA) is 12.0 Å². The largest absolute Gasteiger partial charge is 0.313 e. The minimum atomic E-state index is -0.136. The first kappa shape index (κ1) is 11.9. The molecule has 0 spiro atoms. The molecule has 0 heterocycles. The molecule has 1 aromatic rings. The van der Waals surface area contributed by atoms with Gasteiger partial charge >= 0.3 is 0 Å². The Hall–Kier alpha value is -0.540. The van der Waals surface area contributed by atoms with Gasteiger partial charge in [0.15, 0.2) is 0 Å². The summed E-state index contributed by atoms with van der Waals surface area (Å²) in [7, 11) is 0. The van der Waals surface area contributed by atoms with E-state index in [1.807, 2.05) is 17.8 Å². The van der Waals surface area contributed by atoms with Crippen LogP contribution in [0, 0.1) is 5.82 Å². The van der Waals surface area contributed by atoms with Gasteiger partial charge in [-0.25, -0.2) is 4.39 Å². The van der Waals surface area contributed by atoms with Crippen LogP contribution in [0.4, 0.5) is 4.39 Å². The molecule has 1 N–H and O–H groups in total.